The molecular weight excluding hydrogens is 272 g/mol. The van der Waals surface area contributed by atoms with E-state index >= 15 is 0 Å². The van der Waals surface area contributed by atoms with Crippen molar-refractivity contribution in [1.29, 1.82) is 0 Å². The number of aliphatic imine (C=N–C) groups is 1. The molecule has 1 N–H and O–H groups in total. The van der Waals surface area contributed by atoms with E-state index in [-0.39, 0.29) is 12.6 Å². The lowest BCUT2D eigenvalue weighted by atomic mass is 10.0. The number of β-amino-alcohol motifs (C(OH)–C–C–N with tert-alkyl or cyclic N) is 1. The largest absolute Gasteiger partial charge is 0.497 e. The number of methoxy groups -OCH3 is 2. The SMILES string of the molecule is COC(=O)N1CCC(N=Cc2ccc(OC)cc2)C(O)C1. The van der Waals surface area contributed by atoms with Gasteiger partial charge in [-0.2, -0.15) is 0 Å². The zero-order valence-corrected chi connectivity index (χ0v) is 12.2. The van der Waals surface area contributed by atoms with Crippen LogP contribution in [0.15, 0.2) is 29.3 Å². The van der Waals surface area contributed by atoms with Gasteiger partial charge in [0.25, 0.3) is 0 Å². The summed E-state index contributed by atoms with van der Waals surface area (Å²) in [6.45, 7) is 0.783. The second kappa shape index (κ2) is 7.08. The number of nitrogens with zero attached hydrogens (tertiary/aromatic N) is 2. The average molecular weight is 292 g/mol. The molecule has 1 aliphatic rings. The molecule has 0 saturated carbocycles. The number of aliphatic hydroxyl groups excluding tert-OH is 1. The minimum absolute atomic E-state index is 0.201. The number of piperidine rings is 1. The van der Waals surface area contributed by atoms with Gasteiger partial charge in [-0.05, 0) is 36.2 Å². The first-order valence-electron chi connectivity index (χ1n) is 6.82. The Kier molecular flexibility index (Phi) is 5.16. The van der Waals surface area contributed by atoms with E-state index in [1.807, 2.05) is 24.3 Å². The molecule has 1 aromatic rings. The van der Waals surface area contributed by atoms with Crippen molar-refractivity contribution in [3.63, 3.8) is 0 Å². The highest BCUT2D eigenvalue weighted by molar-refractivity contribution is 5.80. The maximum atomic E-state index is 11.4. The minimum Gasteiger partial charge on any atom is -0.497 e. The molecule has 0 radical (unpaired) electrons. The number of carbonyl (C=O) groups is 1. The van der Waals surface area contributed by atoms with Crippen LogP contribution in [0.4, 0.5) is 4.79 Å². The molecule has 114 valence electrons. The Bertz CT molecular complexity index is 501. The van der Waals surface area contributed by atoms with Crippen LogP contribution in [0.1, 0.15) is 12.0 Å². The summed E-state index contributed by atoms with van der Waals surface area (Å²) >= 11 is 0. The molecule has 6 nitrogen and oxygen atoms in total. The summed E-state index contributed by atoms with van der Waals surface area (Å²) in [5.74, 6) is 0.790. The average Bonchev–Trinajstić information content (AvgIpc) is 2.53. The predicted octanol–water partition coefficient (Wildman–Crippen LogP) is 1.32. The maximum absolute atomic E-state index is 11.4. The molecule has 21 heavy (non-hydrogen) atoms. The zero-order chi connectivity index (χ0) is 15.2. The normalized spacial score (nSPS) is 22.3. The lowest BCUT2D eigenvalue weighted by molar-refractivity contribution is 0.0465. The smallest absolute Gasteiger partial charge is 0.409 e. The van der Waals surface area contributed by atoms with Crippen molar-refractivity contribution in [2.75, 3.05) is 27.3 Å². The van der Waals surface area contributed by atoms with E-state index in [0.29, 0.717) is 13.0 Å². The minimum atomic E-state index is -0.674. The maximum Gasteiger partial charge on any atom is 0.409 e. The van der Waals surface area contributed by atoms with E-state index in [4.69, 9.17) is 4.74 Å². The van der Waals surface area contributed by atoms with E-state index in [1.54, 1.807) is 13.3 Å². The van der Waals surface area contributed by atoms with Gasteiger partial charge < -0.3 is 19.5 Å². The number of rotatable bonds is 3. The van der Waals surface area contributed by atoms with Crippen molar-refractivity contribution in [2.24, 2.45) is 4.99 Å². The number of benzene rings is 1. The van der Waals surface area contributed by atoms with Crippen LogP contribution in [0.3, 0.4) is 0 Å². The number of carbonyl (C=O) groups excluding carboxylic acids is 1. The van der Waals surface area contributed by atoms with Crippen LogP contribution in [-0.4, -0.2) is 61.8 Å². The number of ether oxygens (including phenoxy) is 2. The second-order valence-electron chi connectivity index (χ2n) is 4.89. The molecular formula is C15H20N2O4. The lowest BCUT2D eigenvalue weighted by Gasteiger charge is -2.33. The Morgan fingerprint density at radius 1 is 1.38 bits per heavy atom. The van der Waals surface area contributed by atoms with Crippen LogP contribution in [0, 0.1) is 0 Å². The van der Waals surface area contributed by atoms with Crippen LogP contribution in [0.25, 0.3) is 0 Å². The molecule has 2 atom stereocenters. The molecule has 1 fully saturated rings. The molecule has 1 heterocycles. The first-order chi connectivity index (χ1) is 10.1. The van der Waals surface area contributed by atoms with Crippen molar-refractivity contribution in [2.45, 2.75) is 18.6 Å². The highest BCUT2D eigenvalue weighted by Gasteiger charge is 2.29. The Hall–Kier alpha value is -2.08. The molecule has 6 heteroatoms. The third kappa shape index (κ3) is 3.95. The third-order valence-corrected chi connectivity index (χ3v) is 3.51. The fraction of sp³-hybridized carbons (Fsp3) is 0.467. The molecule has 0 spiro atoms. The third-order valence-electron chi connectivity index (χ3n) is 3.51. The molecule has 0 aliphatic carbocycles. The number of hydrogen-bond acceptors (Lipinski definition) is 5. The fourth-order valence-electron chi connectivity index (χ4n) is 2.26. The van der Waals surface area contributed by atoms with Crippen molar-refractivity contribution in [3.05, 3.63) is 29.8 Å². The molecule has 2 unspecified atom stereocenters. The molecule has 1 saturated heterocycles. The number of hydrogen-bond donors (Lipinski definition) is 1. The van der Waals surface area contributed by atoms with Gasteiger partial charge >= 0.3 is 6.09 Å². The van der Waals surface area contributed by atoms with E-state index in [0.717, 1.165) is 11.3 Å². The highest BCUT2D eigenvalue weighted by atomic mass is 16.5. The van der Waals surface area contributed by atoms with Gasteiger partial charge in [0, 0.05) is 12.8 Å². The zero-order valence-electron chi connectivity index (χ0n) is 12.2. The summed E-state index contributed by atoms with van der Waals surface area (Å²) in [6.07, 6.45) is 1.27. The quantitative estimate of drug-likeness (QED) is 0.853. The van der Waals surface area contributed by atoms with Gasteiger partial charge in [0.2, 0.25) is 0 Å². The Balaban J connectivity index is 1.93. The molecule has 0 bridgehead atoms. The summed E-state index contributed by atoms with van der Waals surface area (Å²) < 4.78 is 9.74. The van der Waals surface area contributed by atoms with E-state index in [1.165, 1.54) is 12.0 Å². The first-order valence-corrected chi connectivity index (χ1v) is 6.82. The number of amides is 1. The van der Waals surface area contributed by atoms with E-state index in [9.17, 15) is 9.90 Å². The Morgan fingerprint density at radius 2 is 2.10 bits per heavy atom. The lowest BCUT2D eigenvalue weighted by Crippen LogP contribution is -2.48. The van der Waals surface area contributed by atoms with Crippen molar-refractivity contribution >= 4 is 12.3 Å². The van der Waals surface area contributed by atoms with E-state index < -0.39 is 12.2 Å². The second-order valence-corrected chi connectivity index (χ2v) is 4.89. The predicted molar refractivity (Wildman–Crippen MR) is 79.0 cm³/mol. The molecule has 1 amide bonds. The van der Waals surface area contributed by atoms with Gasteiger partial charge in [-0.1, -0.05) is 0 Å². The topological polar surface area (TPSA) is 71.4 Å². The summed E-state index contributed by atoms with van der Waals surface area (Å²) in [4.78, 5) is 17.3. The standard InChI is InChI=1S/C15H20N2O4/c1-20-12-5-3-11(4-6-12)9-16-13-7-8-17(10-14(13)18)15(19)21-2/h3-6,9,13-14,18H,7-8,10H2,1-2H3. The molecule has 1 aliphatic heterocycles. The Morgan fingerprint density at radius 3 is 2.67 bits per heavy atom. The fourth-order valence-corrected chi connectivity index (χ4v) is 2.26. The van der Waals surface area contributed by atoms with Crippen LogP contribution in [0.5, 0.6) is 5.75 Å². The van der Waals surface area contributed by atoms with Gasteiger partial charge in [-0.15, -0.1) is 0 Å². The van der Waals surface area contributed by atoms with Gasteiger partial charge in [-0.3, -0.25) is 4.99 Å². The molecule has 1 aromatic carbocycles. The van der Waals surface area contributed by atoms with Crippen LogP contribution in [-0.2, 0) is 4.74 Å². The van der Waals surface area contributed by atoms with Gasteiger partial charge in [0.1, 0.15) is 5.75 Å². The summed E-state index contributed by atoms with van der Waals surface area (Å²) in [5.41, 5.74) is 0.943. The first kappa shape index (κ1) is 15.3. The molecule has 0 aromatic heterocycles. The van der Waals surface area contributed by atoms with Crippen molar-refractivity contribution in [3.8, 4) is 5.75 Å². The van der Waals surface area contributed by atoms with Crippen molar-refractivity contribution in [1.82, 2.24) is 4.90 Å². The van der Waals surface area contributed by atoms with Crippen molar-refractivity contribution < 1.29 is 19.4 Å². The van der Waals surface area contributed by atoms with Crippen LogP contribution >= 0.6 is 0 Å². The van der Waals surface area contributed by atoms with E-state index in [2.05, 4.69) is 9.73 Å². The number of aliphatic hydroxyl groups is 1. The summed E-state index contributed by atoms with van der Waals surface area (Å²) in [7, 11) is 2.96. The van der Waals surface area contributed by atoms with Gasteiger partial charge in [0.15, 0.2) is 0 Å². The van der Waals surface area contributed by atoms with Crippen LogP contribution < -0.4 is 4.74 Å². The van der Waals surface area contributed by atoms with Gasteiger partial charge in [-0.25, -0.2) is 4.79 Å². The van der Waals surface area contributed by atoms with Gasteiger partial charge in [0.05, 0.1) is 32.9 Å². The Labute approximate surface area is 124 Å². The number of likely N-dealkylation sites (tertiary alicyclic amines) is 1. The summed E-state index contributed by atoms with van der Waals surface area (Å²) in [6, 6.07) is 7.32. The monoisotopic (exact) mass is 292 g/mol. The van der Waals surface area contributed by atoms with Crippen LogP contribution in [0.2, 0.25) is 0 Å². The highest BCUT2D eigenvalue weighted by Crippen LogP contribution is 2.16. The molecule has 2 rings (SSSR count). The summed E-state index contributed by atoms with van der Waals surface area (Å²) in [5, 5.41) is 10.1.